The first-order chi connectivity index (χ1) is 20.1. The number of hydrogen-bond acceptors (Lipinski definition) is 8. The summed E-state index contributed by atoms with van der Waals surface area (Å²) in [6.45, 7) is 15.1. The van der Waals surface area contributed by atoms with Crippen LogP contribution in [0.15, 0.2) is 0 Å². The zero-order chi connectivity index (χ0) is 31.6. The molecule has 250 valence electrons. The average molecular weight is 611 g/mol. The molecular formula is C35H62O8. The molecule has 5 fully saturated rings. The van der Waals surface area contributed by atoms with Gasteiger partial charge in [0.05, 0.1) is 30.5 Å². The van der Waals surface area contributed by atoms with E-state index in [1.807, 2.05) is 0 Å². The summed E-state index contributed by atoms with van der Waals surface area (Å²) in [6.07, 6.45) is 0.364. The van der Waals surface area contributed by atoms with Crippen molar-refractivity contribution in [1.29, 1.82) is 0 Å². The van der Waals surface area contributed by atoms with Crippen LogP contribution in [-0.2, 0) is 9.47 Å². The largest absolute Gasteiger partial charge is 0.393 e. The van der Waals surface area contributed by atoms with Crippen molar-refractivity contribution >= 4 is 0 Å². The van der Waals surface area contributed by atoms with Gasteiger partial charge >= 0.3 is 0 Å². The van der Waals surface area contributed by atoms with Crippen molar-refractivity contribution in [1.82, 2.24) is 0 Å². The van der Waals surface area contributed by atoms with Gasteiger partial charge < -0.3 is 40.1 Å². The van der Waals surface area contributed by atoms with Crippen LogP contribution >= 0.6 is 0 Å². The molecule has 0 aromatic rings. The molecule has 4 saturated carbocycles. The van der Waals surface area contributed by atoms with E-state index in [0.717, 1.165) is 51.4 Å². The second-order valence-corrected chi connectivity index (χ2v) is 16.4. The number of aliphatic hydroxyl groups excluding tert-OH is 6. The van der Waals surface area contributed by atoms with Crippen LogP contribution in [0.3, 0.4) is 0 Å². The third-order valence-corrected chi connectivity index (χ3v) is 13.9. The molecule has 8 heteroatoms. The first kappa shape index (κ1) is 34.0. The average Bonchev–Trinajstić information content (AvgIpc) is 3.16. The number of ether oxygens (including phenoxy) is 2. The van der Waals surface area contributed by atoms with Crippen molar-refractivity contribution in [3.8, 4) is 0 Å². The topological polar surface area (TPSA) is 140 Å². The van der Waals surface area contributed by atoms with Gasteiger partial charge in [-0.1, -0.05) is 48.0 Å². The summed E-state index contributed by atoms with van der Waals surface area (Å²) in [7, 11) is 0. The SMILES string of the molecule is CCC(C(C)C)C(O)C[C@@H](C)[C@H]1[C@@H](O[C@H]2O[C@@H](C)[C@H](O)[C@@H](O)[C@H]2O)[C@@H](O)[C@H]2[C@@H]3CC[C@H]4C[C@@H](O)CC[C@]4(C)[C@H]3CC[C@]12C. The number of hydrogen-bond donors (Lipinski definition) is 6. The van der Waals surface area contributed by atoms with Gasteiger partial charge in [-0.05, 0) is 116 Å². The third kappa shape index (κ3) is 5.77. The summed E-state index contributed by atoms with van der Waals surface area (Å²) >= 11 is 0. The van der Waals surface area contributed by atoms with Gasteiger partial charge in [0.2, 0.25) is 0 Å². The maximum absolute atomic E-state index is 12.3. The lowest BCUT2D eigenvalue weighted by Gasteiger charge is -2.61. The van der Waals surface area contributed by atoms with Gasteiger partial charge in [-0.15, -0.1) is 0 Å². The highest BCUT2D eigenvalue weighted by Gasteiger charge is 2.67. The maximum Gasteiger partial charge on any atom is 0.186 e. The summed E-state index contributed by atoms with van der Waals surface area (Å²) < 4.78 is 12.5. The molecule has 5 rings (SSSR count). The minimum atomic E-state index is -1.43. The molecule has 4 aliphatic carbocycles. The van der Waals surface area contributed by atoms with E-state index in [1.54, 1.807) is 6.92 Å². The first-order valence-corrected chi connectivity index (χ1v) is 17.5. The molecule has 43 heavy (non-hydrogen) atoms. The lowest BCUT2D eigenvalue weighted by molar-refractivity contribution is -0.314. The lowest BCUT2D eigenvalue weighted by Crippen LogP contribution is -2.58. The maximum atomic E-state index is 12.3. The molecule has 8 nitrogen and oxygen atoms in total. The van der Waals surface area contributed by atoms with Crippen molar-refractivity contribution in [2.45, 2.75) is 161 Å². The van der Waals surface area contributed by atoms with Gasteiger partial charge in [0.1, 0.15) is 18.3 Å². The van der Waals surface area contributed by atoms with Crippen LogP contribution in [-0.4, -0.2) is 85.8 Å². The highest BCUT2D eigenvalue weighted by Crippen LogP contribution is 2.69. The van der Waals surface area contributed by atoms with E-state index in [0.29, 0.717) is 30.1 Å². The third-order valence-electron chi connectivity index (χ3n) is 13.9. The molecule has 2 unspecified atom stereocenters. The Balaban J connectivity index is 1.47. The molecule has 0 aromatic heterocycles. The van der Waals surface area contributed by atoms with Crippen LogP contribution in [0.2, 0.25) is 0 Å². The van der Waals surface area contributed by atoms with Crippen LogP contribution in [0.4, 0.5) is 0 Å². The molecule has 0 amide bonds. The predicted octanol–water partition coefficient (Wildman–Crippen LogP) is 3.87. The van der Waals surface area contributed by atoms with Gasteiger partial charge in [-0.2, -0.15) is 0 Å². The summed E-state index contributed by atoms with van der Waals surface area (Å²) in [5.41, 5.74) is -0.0753. The Morgan fingerprint density at radius 3 is 2.19 bits per heavy atom. The fraction of sp³-hybridized carbons (Fsp3) is 1.00. The lowest BCUT2D eigenvalue weighted by atomic mass is 9.44. The standard InChI is InChI=1S/C35H62O8/c1-8-22(17(2)3)25(37)15-18(4)26-32(43-33-31(41)30(40)28(38)19(5)42-33)29(39)27-23-10-9-20-16-21(36)11-13-34(20,6)24(23)12-14-35(26,27)7/h17-33,36-41H,8-16H2,1-7H3/t18-,19+,20+,21+,22?,23-,24+,25?,26+,27-,28+,29+,30-,31-,32-,33-,34+,35-/m1/s1. The fourth-order valence-corrected chi connectivity index (χ4v) is 11.6. The Labute approximate surface area is 259 Å². The minimum Gasteiger partial charge on any atom is -0.393 e. The molecule has 0 bridgehead atoms. The van der Waals surface area contributed by atoms with E-state index in [1.165, 1.54) is 0 Å². The van der Waals surface area contributed by atoms with E-state index in [9.17, 15) is 30.6 Å². The number of aliphatic hydroxyl groups is 6. The van der Waals surface area contributed by atoms with Gasteiger partial charge in [0.25, 0.3) is 0 Å². The van der Waals surface area contributed by atoms with Crippen molar-refractivity contribution < 1.29 is 40.1 Å². The molecule has 0 spiro atoms. The Hall–Kier alpha value is -0.320. The minimum absolute atomic E-state index is 0.00575. The highest BCUT2D eigenvalue weighted by atomic mass is 16.7. The summed E-state index contributed by atoms with van der Waals surface area (Å²) in [4.78, 5) is 0. The Morgan fingerprint density at radius 2 is 1.53 bits per heavy atom. The van der Waals surface area contributed by atoms with Gasteiger partial charge in [-0.25, -0.2) is 0 Å². The zero-order valence-corrected chi connectivity index (χ0v) is 27.7. The van der Waals surface area contributed by atoms with Crippen LogP contribution in [0.25, 0.3) is 0 Å². The van der Waals surface area contributed by atoms with Crippen molar-refractivity contribution in [3.05, 3.63) is 0 Å². The van der Waals surface area contributed by atoms with Crippen LogP contribution in [0.5, 0.6) is 0 Å². The Bertz CT molecular complexity index is 947. The van der Waals surface area contributed by atoms with Gasteiger partial charge in [0.15, 0.2) is 6.29 Å². The summed E-state index contributed by atoms with van der Waals surface area (Å²) in [5, 5.41) is 66.0. The Morgan fingerprint density at radius 1 is 0.860 bits per heavy atom. The fourth-order valence-electron chi connectivity index (χ4n) is 11.6. The smallest absolute Gasteiger partial charge is 0.186 e. The predicted molar refractivity (Wildman–Crippen MR) is 164 cm³/mol. The number of rotatable bonds is 8. The van der Waals surface area contributed by atoms with E-state index < -0.39 is 49.0 Å². The molecule has 5 aliphatic rings. The molecule has 18 atom stereocenters. The van der Waals surface area contributed by atoms with Crippen molar-refractivity contribution in [2.75, 3.05) is 0 Å². The quantitative estimate of drug-likeness (QED) is 0.244. The molecular weight excluding hydrogens is 548 g/mol. The normalized spacial score (nSPS) is 52.2. The first-order valence-electron chi connectivity index (χ1n) is 17.5. The second kappa shape index (κ2) is 12.7. The van der Waals surface area contributed by atoms with Crippen LogP contribution < -0.4 is 0 Å². The van der Waals surface area contributed by atoms with E-state index in [-0.39, 0.29) is 40.6 Å². The van der Waals surface area contributed by atoms with E-state index in [2.05, 4.69) is 41.5 Å². The highest BCUT2D eigenvalue weighted by molar-refractivity contribution is 5.15. The molecule has 1 heterocycles. The zero-order valence-electron chi connectivity index (χ0n) is 27.7. The molecule has 0 radical (unpaired) electrons. The van der Waals surface area contributed by atoms with Gasteiger partial charge in [0, 0.05) is 0 Å². The monoisotopic (exact) mass is 610 g/mol. The van der Waals surface area contributed by atoms with Crippen LogP contribution in [0.1, 0.15) is 106 Å². The molecule has 6 N–H and O–H groups in total. The van der Waals surface area contributed by atoms with E-state index >= 15 is 0 Å². The number of fused-ring (bicyclic) bond motifs is 5. The van der Waals surface area contributed by atoms with Gasteiger partial charge in [-0.3, -0.25) is 0 Å². The summed E-state index contributed by atoms with van der Waals surface area (Å²) in [5.74, 6) is 1.83. The van der Waals surface area contributed by atoms with Crippen molar-refractivity contribution in [3.63, 3.8) is 0 Å². The Kier molecular flexibility index (Phi) is 10.1. The second-order valence-electron chi connectivity index (χ2n) is 16.4. The van der Waals surface area contributed by atoms with E-state index in [4.69, 9.17) is 9.47 Å². The molecule has 1 saturated heterocycles. The van der Waals surface area contributed by atoms with Crippen molar-refractivity contribution in [2.24, 2.45) is 58.2 Å². The molecule has 0 aromatic carbocycles. The summed E-state index contributed by atoms with van der Waals surface area (Å²) in [6, 6.07) is 0. The van der Waals surface area contributed by atoms with Crippen LogP contribution in [0, 0.1) is 58.2 Å². The molecule has 1 aliphatic heterocycles.